The third-order valence-corrected chi connectivity index (χ3v) is 3.51. The summed E-state index contributed by atoms with van der Waals surface area (Å²) >= 11 is 1.91. The zero-order chi connectivity index (χ0) is 10.0. The van der Waals surface area contributed by atoms with Crippen LogP contribution in [-0.4, -0.2) is 57.6 Å². The molecule has 5 nitrogen and oxygen atoms in total. The van der Waals surface area contributed by atoms with Gasteiger partial charge in [-0.25, -0.2) is 0 Å². The molecule has 0 aromatic carbocycles. The first-order chi connectivity index (χ1) is 6.11. The van der Waals surface area contributed by atoms with Crippen LogP contribution in [0.15, 0.2) is 0 Å². The Hall–Kier alpha value is 0.530. The number of ether oxygens (including phenoxy) is 2. The molecule has 0 radical (unpaired) electrons. The Morgan fingerprint density at radius 1 is 1.38 bits per heavy atom. The van der Waals surface area contributed by atoms with E-state index in [0.717, 1.165) is 0 Å². The summed E-state index contributed by atoms with van der Waals surface area (Å²) in [6.07, 6.45) is -3.20. The van der Waals surface area contributed by atoms with Crippen molar-refractivity contribution in [2.24, 2.45) is 0 Å². The number of aliphatic hydroxyl groups excluding tert-OH is 3. The van der Waals surface area contributed by atoms with Gasteiger partial charge in [0.25, 0.3) is 0 Å². The molecule has 78 valence electrons. The van der Waals surface area contributed by atoms with E-state index in [0.29, 0.717) is 0 Å². The molecule has 5 unspecified atom stereocenters. The Bertz CT molecular complexity index is 147. The highest BCUT2D eigenvalue weighted by atomic mass is 127. The van der Waals surface area contributed by atoms with Gasteiger partial charge in [-0.2, -0.15) is 0 Å². The van der Waals surface area contributed by atoms with Gasteiger partial charge in [-0.05, 0) is 0 Å². The number of alkyl halides is 1. The molecule has 0 amide bonds. The molecule has 1 heterocycles. The Kier molecular flexibility index (Phi) is 4.33. The third kappa shape index (κ3) is 2.31. The minimum Gasteiger partial charge on any atom is -0.394 e. The van der Waals surface area contributed by atoms with Crippen molar-refractivity contribution in [2.75, 3.05) is 13.7 Å². The van der Waals surface area contributed by atoms with Crippen molar-refractivity contribution >= 4 is 22.6 Å². The van der Waals surface area contributed by atoms with Crippen molar-refractivity contribution in [3.8, 4) is 0 Å². The summed E-state index contributed by atoms with van der Waals surface area (Å²) in [6, 6.07) is 0. The summed E-state index contributed by atoms with van der Waals surface area (Å²) < 4.78 is 9.56. The lowest BCUT2D eigenvalue weighted by Gasteiger charge is -2.39. The second-order valence-electron chi connectivity index (χ2n) is 2.89. The fourth-order valence-electron chi connectivity index (χ4n) is 1.24. The quantitative estimate of drug-likeness (QED) is 0.445. The molecule has 13 heavy (non-hydrogen) atoms. The maximum atomic E-state index is 9.52. The normalized spacial score (nSPS) is 46.4. The second-order valence-corrected chi connectivity index (χ2v) is 4.33. The molecule has 1 aliphatic heterocycles. The third-order valence-electron chi connectivity index (χ3n) is 2.03. The van der Waals surface area contributed by atoms with Gasteiger partial charge in [-0.15, -0.1) is 0 Å². The van der Waals surface area contributed by atoms with Crippen LogP contribution in [0.2, 0.25) is 0 Å². The fraction of sp³-hybridized carbons (Fsp3) is 1.00. The van der Waals surface area contributed by atoms with Crippen molar-refractivity contribution in [3.05, 3.63) is 0 Å². The van der Waals surface area contributed by atoms with Crippen LogP contribution in [0.1, 0.15) is 0 Å². The van der Waals surface area contributed by atoms with Gasteiger partial charge in [0.15, 0.2) is 6.29 Å². The molecular formula is C7H13IO5. The van der Waals surface area contributed by atoms with E-state index in [1.165, 1.54) is 7.11 Å². The fourth-order valence-corrected chi connectivity index (χ4v) is 2.04. The Labute approximate surface area is 89.8 Å². The smallest absolute Gasteiger partial charge is 0.184 e. The first-order valence-corrected chi connectivity index (χ1v) is 5.15. The van der Waals surface area contributed by atoms with Crippen molar-refractivity contribution in [1.29, 1.82) is 0 Å². The zero-order valence-electron chi connectivity index (χ0n) is 7.13. The zero-order valence-corrected chi connectivity index (χ0v) is 9.29. The Morgan fingerprint density at radius 2 is 2.00 bits per heavy atom. The van der Waals surface area contributed by atoms with Crippen LogP contribution in [0.5, 0.6) is 0 Å². The molecule has 5 atom stereocenters. The van der Waals surface area contributed by atoms with Crippen molar-refractivity contribution in [1.82, 2.24) is 0 Å². The topological polar surface area (TPSA) is 79.2 Å². The lowest BCUT2D eigenvalue weighted by atomic mass is 10.0. The molecule has 0 spiro atoms. The first-order valence-electron chi connectivity index (χ1n) is 3.91. The van der Waals surface area contributed by atoms with Gasteiger partial charge >= 0.3 is 0 Å². The van der Waals surface area contributed by atoms with Crippen LogP contribution in [0.25, 0.3) is 0 Å². The molecule has 6 heteroatoms. The van der Waals surface area contributed by atoms with Gasteiger partial charge in [-0.3, -0.25) is 0 Å². The Balaban J connectivity index is 2.66. The molecule has 1 fully saturated rings. The summed E-state index contributed by atoms with van der Waals surface area (Å²) in [4.78, 5) is 0. The molecule has 0 bridgehead atoms. The van der Waals surface area contributed by atoms with Gasteiger partial charge in [-0.1, -0.05) is 22.6 Å². The van der Waals surface area contributed by atoms with Crippen LogP contribution in [0.4, 0.5) is 0 Å². The highest BCUT2D eigenvalue weighted by Gasteiger charge is 2.42. The van der Waals surface area contributed by atoms with E-state index in [1.807, 2.05) is 22.6 Å². The van der Waals surface area contributed by atoms with E-state index in [4.69, 9.17) is 14.6 Å². The summed E-state index contributed by atoms with van der Waals surface area (Å²) in [5.74, 6) is 0. The van der Waals surface area contributed by atoms with Gasteiger partial charge in [0.1, 0.15) is 12.2 Å². The van der Waals surface area contributed by atoms with E-state index >= 15 is 0 Å². The lowest BCUT2D eigenvalue weighted by Crippen LogP contribution is -2.56. The number of hydrogen-bond acceptors (Lipinski definition) is 5. The van der Waals surface area contributed by atoms with E-state index in [-0.39, 0.29) is 6.61 Å². The second kappa shape index (κ2) is 4.85. The SMILES string of the molecule is COC1OC(CO)C(O)C(I)C1O. The monoisotopic (exact) mass is 304 g/mol. The minimum atomic E-state index is -0.872. The predicted molar refractivity (Wildman–Crippen MR) is 52.6 cm³/mol. The van der Waals surface area contributed by atoms with E-state index in [9.17, 15) is 10.2 Å². The minimum absolute atomic E-state index is 0.284. The summed E-state index contributed by atoms with van der Waals surface area (Å²) in [5.41, 5.74) is 0. The van der Waals surface area contributed by atoms with E-state index < -0.39 is 28.5 Å². The summed E-state index contributed by atoms with van der Waals surface area (Å²) in [5, 5.41) is 27.9. The lowest BCUT2D eigenvalue weighted by molar-refractivity contribution is -0.256. The first kappa shape index (κ1) is 11.6. The van der Waals surface area contributed by atoms with E-state index in [1.54, 1.807) is 0 Å². The van der Waals surface area contributed by atoms with Gasteiger partial charge in [0.05, 0.1) is 16.6 Å². The molecule has 1 rings (SSSR count). The van der Waals surface area contributed by atoms with Crippen LogP contribution in [0.3, 0.4) is 0 Å². The molecule has 3 N–H and O–H groups in total. The maximum absolute atomic E-state index is 9.52. The predicted octanol–water partition coefficient (Wildman–Crippen LogP) is -1.12. The average Bonchev–Trinajstić information content (AvgIpc) is 2.15. The molecule has 0 aromatic heterocycles. The molecule has 1 saturated heterocycles. The number of hydrogen-bond donors (Lipinski definition) is 3. The molecular weight excluding hydrogens is 291 g/mol. The summed E-state index contributed by atoms with van der Waals surface area (Å²) in [6.45, 7) is -0.284. The standard InChI is InChI=1S/C7H13IO5/c1-12-7-6(11)4(8)5(10)3(2-9)13-7/h3-7,9-11H,2H2,1H3. The van der Waals surface area contributed by atoms with Crippen molar-refractivity contribution in [2.45, 2.75) is 28.5 Å². The van der Waals surface area contributed by atoms with Crippen LogP contribution >= 0.6 is 22.6 Å². The van der Waals surface area contributed by atoms with Gasteiger partial charge < -0.3 is 24.8 Å². The number of aliphatic hydroxyl groups is 3. The Morgan fingerprint density at radius 3 is 2.46 bits per heavy atom. The number of rotatable bonds is 2. The number of methoxy groups -OCH3 is 1. The number of halogens is 1. The highest BCUT2D eigenvalue weighted by Crippen LogP contribution is 2.26. The summed E-state index contributed by atoms with van der Waals surface area (Å²) in [7, 11) is 1.41. The van der Waals surface area contributed by atoms with Crippen molar-refractivity contribution in [3.63, 3.8) is 0 Å². The van der Waals surface area contributed by atoms with Gasteiger partial charge in [0.2, 0.25) is 0 Å². The highest BCUT2D eigenvalue weighted by molar-refractivity contribution is 14.1. The van der Waals surface area contributed by atoms with E-state index in [2.05, 4.69) is 0 Å². The molecule has 0 saturated carbocycles. The van der Waals surface area contributed by atoms with Crippen LogP contribution in [0, 0.1) is 0 Å². The van der Waals surface area contributed by atoms with Gasteiger partial charge in [0, 0.05) is 7.11 Å². The largest absolute Gasteiger partial charge is 0.394 e. The maximum Gasteiger partial charge on any atom is 0.184 e. The molecule has 0 aliphatic carbocycles. The molecule has 0 aromatic rings. The van der Waals surface area contributed by atoms with Crippen molar-refractivity contribution < 1.29 is 24.8 Å². The van der Waals surface area contributed by atoms with Crippen LogP contribution < -0.4 is 0 Å². The average molecular weight is 304 g/mol. The van der Waals surface area contributed by atoms with Crippen LogP contribution in [-0.2, 0) is 9.47 Å². The molecule has 1 aliphatic rings.